The van der Waals surface area contributed by atoms with Crippen LogP contribution in [0, 0.1) is 0 Å². The van der Waals surface area contributed by atoms with Gasteiger partial charge in [0, 0.05) is 31.1 Å². The SMILES string of the molecule is O=C(NC1(C(=O)O)CCOCC1)c1cc(Cl)ccc1Cl. The number of aliphatic carboxylic acids is 1. The van der Waals surface area contributed by atoms with E-state index in [1.807, 2.05) is 0 Å². The van der Waals surface area contributed by atoms with Crippen molar-refractivity contribution in [2.24, 2.45) is 0 Å². The van der Waals surface area contributed by atoms with Gasteiger partial charge in [-0.1, -0.05) is 23.2 Å². The van der Waals surface area contributed by atoms with E-state index in [9.17, 15) is 14.7 Å². The molecule has 2 N–H and O–H groups in total. The summed E-state index contributed by atoms with van der Waals surface area (Å²) in [4.78, 5) is 23.7. The molecule has 108 valence electrons. The monoisotopic (exact) mass is 317 g/mol. The van der Waals surface area contributed by atoms with Gasteiger partial charge >= 0.3 is 5.97 Å². The predicted molar refractivity (Wildman–Crippen MR) is 74.3 cm³/mol. The molecule has 0 atom stereocenters. The molecule has 1 aromatic carbocycles. The molecule has 1 heterocycles. The third-order valence-electron chi connectivity index (χ3n) is 3.28. The number of rotatable bonds is 3. The molecule has 20 heavy (non-hydrogen) atoms. The largest absolute Gasteiger partial charge is 0.480 e. The minimum absolute atomic E-state index is 0.159. The average Bonchev–Trinajstić information content (AvgIpc) is 2.42. The van der Waals surface area contributed by atoms with E-state index in [0.29, 0.717) is 5.02 Å². The second-order valence-corrected chi connectivity index (χ2v) is 5.42. The van der Waals surface area contributed by atoms with E-state index >= 15 is 0 Å². The lowest BCUT2D eigenvalue weighted by Crippen LogP contribution is -2.57. The molecular formula is C13H13Cl2NO4. The molecule has 5 nitrogen and oxygen atoms in total. The Hall–Kier alpha value is -1.30. The van der Waals surface area contributed by atoms with E-state index in [1.165, 1.54) is 12.1 Å². The molecule has 0 spiro atoms. The first-order valence-electron chi connectivity index (χ1n) is 6.03. The molecule has 0 saturated carbocycles. The van der Waals surface area contributed by atoms with Crippen LogP contribution in [0.25, 0.3) is 0 Å². The molecule has 7 heteroatoms. The highest BCUT2D eigenvalue weighted by Gasteiger charge is 2.41. The van der Waals surface area contributed by atoms with Crippen molar-refractivity contribution < 1.29 is 19.4 Å². The molecule has 0 radical (unpaired) electrons. The van der Waals surface area contributed by atoms with Crippen LogP contribution in [-0.2, 0) is 9.53 Å². The van der Waals surface area contributed by atoms with Crippen molar-refractivity contribution in [3.63, 3.8) is 0 Å². The fourth-order valence-electron chi connectivity index (χ4n) is 2.07. The van der Waals surface area contributed by atoms with Crippen LogP contribution >= 0.6 is 23.2 Å². The third-order valence-corrected chi connectivity index (χ3v) is 3.85. The van der Waals surface area contributed by atoms with Gasteiger partial charge < -0.3 is 15.2 Å². The summed E-state index contributed by atoms with van der Waals surface area (Å²) < 4.78 is 5.14. The Morgan fingerprint density at radius 1 is 1.25 bits per heavy atom. The fourth-order valence-corrected chi connectivity index (χ4v) is 2.44. The number of nitrogens with one attached hydrogen (secondary N) is 1. The van der Waals surface area contributed by atoms with Crippen molar-refractivity contribution >= 4 is 35.1 Å². The Morgan fingerprint density at radius 3 is 2.50 bits per heavy atom. The summed E-state index contributed by atoms with van der Waals surface area (Å²) in [5.74, 6) is -1.63. The zero-order valence-corrected chi connectivity index (χ0v) is 12.0. The van der Waals surface area contributed by atoms with Gasteiger partial charge in [-0.2, -0.15) is 0 Å². The predicted octanol–water partition coefficient (Wildman–Crippen LogP) is 2.36. The Balaban J connectivity index is 2.24. The van der Waals surface area contributed by atoms with Crippen molar-refractivity contribution in [3.05, 3.63) is 33.8 Å². The highest BCUT2D eigenvalue weighted by atomic mass is 35.5. The van der Waals surface area contributed by atoms with Crippen molar-refractivity contribution in [3.8, 4) is 0 Å². The number of amides is 1. The minimum atomic E-state index is -1.32. The molecule has 1 saturated heterocycles. The Labute approximate surface area is 125 Å². The first-order valence-corrected chi connectivity index (χ1v) is 6.79. The van der Waals surface area contributed by atoms with Crippen LogP contribution in [-0.4, -0.2) is 35.7 Å². The standard InChI is InChI=1S/C13H13Cl2NO4/c14-8-1-2-10(15)9(7-8)11(17)16-13(12(18)19)3-5-20-6-4-13/h1-2,7H,3-6H2,(H,16,17)(H,18,19). The van der Waals surface area contributed by atoms with E-state index in [0.717, 1.165) is 0 Å². The second-order valence-electron chi connectivity index (χ2n) is 4.58. The van der Waals surface area contributed by atoms with Gasteiger partial charge in [0.2, 0.25) is 0 Å². The number of hydrogen-bond acceptors (Lipinski definition) is 3. The van der Waals surface area contributed by atoms with E-state index in [-0.39, 0.29) is 36.6 Å². The van der Waals surface area contributed by atoms with Gasteiger partial charge in [-0.05, 0) is 18.2 Å². The summed E-state index contributed by atoms with van der Waals surface area (Å²) in [6.45, 7) is 0.575. The Kier molecular flexibility index (Phi) is 4.52. The molecule has 1 fully saturated rings. The van der Waals surface area contributed by atoms with Crippen LogP contribution in [0.5, 0.6) is 0 Å². The summed E-state index contributed by atoms with van der Waals surface area (Å²) in [5, 5.41) is 12.5. The van der Waals surface area contributed by atoms with Crippen molar-refractivity contribution in [1.29, 1.82) is 0 Å². The molecule has 1 aliphatic heterocycles. The topological polar surface area (TPSA) is 75.6 Å². The molecule has 1 aromatic rings. The van der Waals surface area contributed by atoms with Crippen LogP contribution in [0.2, 0.25) is 10.0 Å². The van der Waals surface area contributed by atoms with Gasteiger partial charge in [-0.25, -0.2) is 4.79 Å². The van der Waals surface area contributed by atoms with Crippen LogP contribution < -0.4 is 5.32 Å². The molecular weight excluding hydrogens is 305 g/mol. The van der Waals surface area contributed by atoms with Crippen LogP contribution in [0.1, 0.15) is 23.2 Å². The summed E-state index contributed by atoms with van der Waals surface area (Å²) in [6, 6.07) is 4.46. The van der Waals surface area contributed by atoms with Crippen molar-refractivity contribution in [2.75, 3.05) is 13.2 Å². The summed E-state index contributed by atoms with van der Waals surface area (Å²) in [5.41, 5.74) is -1.16. The van der Waals surface area contributed by atoms with E-state index in [2.05, 4.69) is 5.32 Å². The lowest BCUT2D eigenvalue weighted by Gasteiger charge is -2.33. The highest BCUT2D eigenvalue weighted by molar-refractivity contribution is 6.35. The van der Waals surface area contributed by atoms with Gasteiger partial charge in [-0.3, -0.25) is 4.79 Å². The summed E-state index contributed by atoms with van der Waals surface area (Å²) in [7, 11) is 0. The maximum absolute atomic E-state index is 12.2. The van der Waals surface area contributed by atoms with Crippen molar-refractivity contribution in [1.82, 2.24) is 5.32 Å². The lowest BCUT2D eigenvalue weighted by molar-refractivity contribution is -0.148. The Morgan fingerprint density at radius 2 is 1.90 bits per heavy atom. The van der Waals surface area contributed by atoms with Crippen LogP contribution in [0.4, 0.5) is 0 Å². The second kappa shape index (κ2) is 5.99. The average molecular weight is 318 g/mol. The minimum Gasteiger partial charge on any atom is -0.480 e. The molecule has 0 aromatic heterocycles. The summed E-state index contributed by atoms with van der Waals surface area (Å²) >= 11 is 11.8. The Bertz CT molecular complexity index is 541. The van der Waals surface area contributed by atoms with Crippen LogP contribution in [0.15, 0.2) is 18.2 Å². The van der Waals surface area contributed by atoms with E-state index in [1.54, 1.807) is 6.07 Å². The zero-order valence-electron chi connectivity index (χ0n) is 10.5. The van der Waals surface area contributed by atoms with Gasteiger partial charge in [0.25, 0.3) is 5.91 Å². The smallest absolute Gasteiger partial charge is 0.329 e. The van der Waals surface area contributed by atoms with Gasteiger partial charge in [0.15, 0.2) is 0 Å². The molecule has 0 unspecified atom stereocenters. The molecule has 2 rings (SSSR count). The maximum atomic E-state index is 12.2. The van der Waals surface area contributed by atoms with E-state index in [4.69, 9.17) is 27.9 Å². The molecule has 1 amide bonds. The highest BCUT2D eigenvalue weighted by Crippen LogP contribution is 2.25. The quantitative estimate of drug-likeness (QED) is 0.897. The number of carbonyl (C=O) groups is 2. The van der Waals surface area contributed by atoms with Crippen molar-refractivity contribution in [2.45, 2.75) is 18.4 Å². The molecule has 0 aliphatic carbocycles. The number of benzene rings is 1. The molecule has 1 aliphatic rings. The summed E-state index contributed by atoms with van der Waals surface area (Å²) in [6.07, 6.45) is 0.429. The number of carboxylic acid groups (broad SMARTS) is 1. The number of halogens is 2. The van der Waals surface area contributed by atoms with E-state index < -0.39 is 17.4 Å². The number of carbonyl (C=O) groups excluding carboxylic acids is 1. The van der Waals surface area contributed by atoms with Gasteiger partial charge in [-0.15, -0.1) is 0 Å². The maximum Gasteiger partial charge on any atom is 0.329 e. The first-order chi connectivity index (χ1) is 9.44. The van der Waals surface area contributed by atoms with Gasteiger partial charge in [0.1, 0.15) is 5.54 Å². The lowest BCUT2D eigenvalue weighted by atomic mass is 9.89. The zero-order chi connectivity index (χ0) is 14.8. The number of carboxylic acids is 1. The number of hydrogen-bond donors (Lipinski definition) is 2. The third kappa shape index (κ3) is 3.06. The van der Waals surface area contributed by atoms with Gasteiger partial charge in [0.05, 0.1) is 10.6 Å². The fraction of sp³-hybridized carbons (Fsp3) is 0.385. The normalized spacial score (nSPS) is 17.5. The first kappa shape index (κ1) is 15.1. The number of ether oxygens (including phenoxy) is 1. The molecule has 0 bridgehead atoms. The van der Waals surface area contributed by atoms with Crippen LogP contribution in [0.3, 0.4) is 0 Å².